The predicted molar refractivity (Wildman–Crippen MR) is 117 cm³/mol. The minimum Gasteiger partial charge on any atom is -0.496 e. The summed E-state index contributed by atoms with van der Waals surface area (Å²) >= 11 is 8.65. The second-order valence-electron chi connectivity index (χ2n) is 6.60. The summed E-state index contributed by atoms with van der Waals surface area (Å²) in [6, 6.07) is 12.9. The first-order valence-corrected chi connectivity index (χ1v) is 9.87. The first-order chi connectivity index (χ1) is 13.3. The number of nitrogens with one attached hydrogen (secondary N) is 1. The third kappa shape index (κ3) is 4.00. The number of hydrogen-bond donors (Lipinski definition) is 1. The topological polar surface area (TPSA) is 58.6 Å². The van der Waals surface area contributed by atoms with Gasteiger partial charge in [0, 0.05) is 0 Å². The number of carbonyl (C=O) groups excluding carboxylic acids is 2. The molecule has 3 rings (SSSR count). The van der Waals surface area contributed by atoms with Crippen molar-refractivity contribution in [2.75, 3.05) is 12.0 Å². The summed E-state index contributed by atoms with van der Waals surface area (Å²) in [5.41, 5.74) is 2.47. The fourth-order valence-electron chi connectivity index (χ4n) is 2.84. The van der Waals surface area contributed by atoms with Crippen LogP contribution in [0.3, 0.4) is 0 Å². The Morgan fingerprint density at radius 3 is 2.39 bits per heavy atom. The van der Waals surface area contributed by atoms with Crippen LogP contribution >= 0.6 is 28.1 Å². The summed E-state index contributed by atoms with van der Waals surface area (Å²) in [5, 5.41) is 2.67. The molecule has 28 heavy (non-hydrogen) atoms. The molecular formula is C21H19BrN2O3S. The number of halogens is 1. The van der Waals surface area contributed by atoms with Gasteiger partial charge in [0.1, 0.15) is 11.3 Å². The van der Waals surface area contributed by atoms with E-state index >= 15 is 0 Å². The van der Waals surface area contributed by atoms with Gasteiger partial charge in [0.15, 0.2) is 5.11 Å². The van der Waals surface area contributed by atoms with Crippen molar-refractivity contribution in [3.63, 3.8) is 0 Å². The molecule has 1 aliphatic heterocycles. The average molecular weight is 459 g/mol. The number of carbonyl (C=O) groups is 2. The lowest BCUT2D eigenvalue weighted by molar-refractivity contribution is -0.122. The summed E-state index contributed by atoms with van der Waals surface area (Å²) < 4.78 is 5.93. The molecule has 144 valence electrons. The van der Waals surface area contributed by atoms with Gasteiger partial charge in [0.05, 0.1) is 17.3 Å². The van der Waals surface area contributed by atoms with Crippen LogP contribution in [0.1, 0.15) is 30.9 Å². The Bertz CT molecular complexity index is 984. The van der Waals surface area contributed by atoms with Gasteiger partial charge in [0.25, 0.3) is 11.8 Å². The molecule has 1 heterocycles. The molecule has 0 aliphatic carbocycles. The van der Waals surface area contributed by atoms with Crippen molar-refractivity contribution in [1.82, 2.24) is 5.32 Å². The lowest BCUT2D eigenvalue weighted by atomic mass is 10.0. The number of benzene rings is 2. The molecule has 2 amide bonds. The Kier molecular flexibility index (Phi) is 5.96. The minimum absolute atomic E-state index is 0.0126. The monoisotopic (exact) mass is 458 g/mol. The van der Waals surface area contributed by atoms with Gasteiger partial charge < -0.3 is 4.74 Å². The summed E-state index contributed by atoms with van der Waals surface area (Å²) in [6.07, 6.45) is 1.54. The van der Waals surface area contributed by atoms with Gasteiger partial charge in [-0.1, -0.05) is 32.0 Å². The molecule has 1 saturated heterocycles. The van der Waals surface area contributed by atoms with Crippen molar-refractivity contribution in [3.8, 4) is 5.75 Å². The number of rotatable bonds is 4. The molecule has 0 radical (unpaired) electrons. The quantitative estimate of drug-likeness (QED) is 0.418. The van der Waals surface area contributed by atoms with Crippen molar-refractivity contribution in [2.45, 2.75) is 19.8 Å². The number of anilines is 1. The van der Waals surface area contributed by atoms with Gasteiger partial charge >= 0.3 is 0 Å². The van der Waals surface area contributed by atoms with E-state index in [1.807, 2.05) is 24.3 Å². The van der Waals surface area contributed by atoms with Crippen LogP contribution in [0.5, 0.6) is 5.75 Å². The molecule has 0 spiro atoms. The zero-order valence-electron chi connectivity index (χ0n) is 15.7. The predicted octanol–water partition coefficient (Wildman–Crippen LogP) is 4.41. The Morgan fingerprint density at radius 2 is 1.82 bits per heavy atom. The van der Waals surface area contributed by atoms with Gasteiger partial charge in [-0.15, -0.1) is 0 Å². The fraction of sp³-hybridized carbons (Fsp3) is 0.190. The second kappa shape index (κ2) is 8.24. The third-order valence-electron chi connectivity index (χ3n) is 4.41. The van der Waals surface area contributed by atoms with Crippen molar-refractivity contribution in [2.24, 2.45) is 0 Å². The number of ether oxygens (including phenoxy) is 1. The molecule has 0 aromatic heterocycles. The highest BCUT2D eigenvalue weighted by Crippen LogP contribution is 2.28. The standard InChI is InChI=1S/C21H19BrN2O3S/c1-12(2)14-5-7-15(8-6-14)24-20(26)16(19(25)23-21(24)28)10-13-4-9-18(27-3)17(22)11-13/h4-12H,1-3H3,(H,23,25,28)/b16-10+. The van der Waals surface area contributed by atoms with Crippen LogP contribution in [-0.4, -0.2) is 24.0 Å². The van der Waals surface area contributed by atoms with E-state index in [0.717, 1.165) is 10.0 Å². The lowest BCUT2D eigenvalue weighted by Crippen LogP contribution is -2.54. The molecule has 0 bridgehead atoms. The molecular weight excluding hydrogens is 440 g/mol. The Balaban J connectivity index is 1.96. The van der Waals surface area contributed by atoms with Crippen molar-refractivity contribution in [1.29, 1.82) is 0 Å². The number of amides is 2. The van der Waals surface area contributed by atoms with Crippen LogP contribution in [0.4, 0.5) is 5.69 Å². The molecule has 7 heteroatoms. The second-order valence-corrected chi connectivity index (χ2v) is 7.84. The summed E-state index contributed by atoms with van der Waals surface area (Å²) in [4.78, 5) is 26.8. The molecule has 1 N–H and O–H groups in total. The largest absolute Gasteiger partial charge is 0.496 e. The van der Waals surface area contributed by atoms with Crippen molar-refractivity contribution < 1.29 is 14.3 Å². The Hall–Kier alpha value is -2.51. The van der Waals surface area contributed by atoms with E-state index in [2.05, 4.69) is 35.1 Å². The van der Waals surface area contributed by atoms with E-state index in [1.165, 1.54) is 4.90 Å². The SMILES string of the molecule is COc1ccc(/C=C2\C(=O)NC(=S)N(c3ccc(C(C)C)cc3)C2=O)cc1Br. The average Bonchev–Trinajstić information content (AvgIpc) is 2.65. The van der Waals surface area contributed by atoms with E-state index in [4.69, 9.17) is 17.0 Å². The highest BCUT2D eigenvalue weighted by atomic mass is 79.9. The van der Waals surface area contributed by atoms with Crippen LogP contribution in [0, 0.1) is 0 Å². The van der Waals surface area contributed by atoms with Gasteiger partial charge in [-0.2, -0.15) is 0 Å². The Morgan fingerprint density at radius 1 is 1.14 bits per heavy atom. The smallest absolute Gasteiger partial charge is 0.270 e. The van der Waals surface area contributed by atoms with Crippen LogP contribution < -0.4 is 15.0 Å². The highest BCUT2D eigenvalue weighted by molar-refractivity contribution is 9.10. The lowest BCUT2D eigenvalue weighted by Gasteiger charge is -2.29. The fourth-order valence-corrected chi connectivity index (χ4v) is 3.68. The zero-order valence-corrected chi connectivity index (χ0v) is 18.1. The van der Waals surface area contributed by atoms with E-state index < -0.39 is 11.8 Å². The van der Waals surface area contributed by atoms with E-state index in [0.29, 0.717) is 22.9 Å². The minimum atomic E-state index is -0.517. The number of hydrogen-bond acceptors (Lipinski definition) is 4. The Labute approximate surface area is 177 Å². The van der Waals surface area contributed by atoms with Crippen LogP contribution in [-0.2, 0) is 9.59 Å². The molecule has 0 atom stereocenters. The molecule has 0 saturated carbocycles. The zero-order chi connectivity index (χ0) is 20.4. The molecule has 0 unspecified atom stereocenters. The van der Waals surface area contributed by atoms with E-state index in [1.54, 1.807) is 31.4 Å². The summed E-state index contributed by atoms with van der Waals surface area (Å²) in [7, 11) is 1.57. The van der Waals surface area contributed by atoms with Gasteiger partial charge in [-0.05, 0) is 75.5 Å². The summed E-state index contributed by atoms with van der Waals surface area (Å²) in [6.45, 7) is 4.19. The van der Waals surface area contributed by atoms with Crippen LogP contribution in [0.2, 0.25) is 0 Å². The summed E-state index contributed by atoms with van der Waals surface area (Å²) in [5.74, 6) is 0.0614. The van der Waals surface area contributed by atoms with E-state index in [9.17, 15) is 9.59 Å². The number of nitrogens with zero attached hydrogens (tertiary/aromatic N) is 1. The van der Waals surface area contributed by atoms with Crippen LogP contribution in [0.25, 0.3) is 6.08 Å². The molecule has 1 aliphatic rings. The van der Waals surface area contributed by atoms with Crippen molar-refractivity contribution in [3.05, 3.63) is 63.6 Å². The van der Waals surface area contributed by atoms with Crippen LogP contribution in [0.15, 0.2) is 52.5 Å². The number of thiocarbonyl (C=S) groups is 1. The van der Waals surface area contributed by atoms with Crippen molar-refractivity contribution >= 4 is 56.8 Å². The molecule has 1 fully saturated rings. The van der Waals surface area contributed by atoms with Gasteiger partial charge in [-0.3, -0.25) is 19.8 Å². The van der Waals surface area contributed by atoms with Gasteiger partial charge in [0.2, 0.25) is 0 Å². The maximum absolute atomic E-state index is 13.1. The normalized spacial score (nSPS) is 16.0. The molecule has 2 aromatic rings. The first kappa shape index (κ1) is 20.2. The third-order valence-corrected chi connectivity index (χ3v) is 5.31. The first-order valence-electron chi connectivity index (χ1n) is 8.66. The maximum atomic E-state index is 13.1. The number of methoxy groups -OCH3 is 1. The molecule has 2 aromatic carbocycles. The van der Waals surface area contributed by atoms with Gasteiger partial charge in [-0.25, -0.2) is 0 Å². The highest BCUT2D eigenvalue weighted by Gasteiger charge is 2.34. The van der Waals surface area contributed by atoms with E-state index in [-0.39, 0.29) is 10.7 Å². The maximum Gasteiger partial charge on any atom is 0.270 e. The molecule has 5 nitrogen and oxygen atoms in total.